The Kier molecular flexibility index (Phi) is 6.64. The second kappa shape index (κ2) is 8.71. The summed E-state index contributed by atoms with van der Waals surface area (Å²) >= 11 is 0. The van der Waals surface area contributed by atoms with E-state index < -0.39 is 0 Å². The Morgan fingerprint density at radius 2 is 1.83 bits per heavy atom. The fourth-order valence-corrected chi connectivity index (χ4v) is 2.85. The van der Waals surface area contributed by atoms with Crippen LogP contribution in [0.15, 0.2) is 54.6 Å². The minimum atomic E-state index is -0.0860. The highest BCUT2D eigenvalue weighted by atomic mass is 35.5. The molecule has 2 aromatic rings. The maximum atomic E-state index is 12.7. The molecule has 0 spiro atoms. The molecule has 128 valence electrons. The van der Waals surface area contributed by atoms with Gasteiger partial charge in [-0.25, -0.2) is 0 Å². The number of hydrogen-bond donors (Lipinski definition) is 2. The van der Waals surface area contributed by atoms with E-state index in [4.69, 9.17) is 4.74 Å². The average molecular weight is 347 g/mol. The van der Waals surface area contributed by atoms with Crippen LogP contribution in [0.2, 0.25) is 0 Å². The van der Waals surface area contributed by atoms with Crippen molar-refractivity contribution in [3.05, 3.63) is 60.2 Å². The number of ether oxygens (including phenoxy) is 1. The number of hydrogen-bond acceptors (Lipinski definition) is 3. The van der Waals surface area contributed by atoms with Crippen LogP contribution in [-0.4, -0.2) is 24.5 Å². The van der Waals surface area contributed by atoms with Gasteiger partial charge in [-0.1, -0.05) is 30.3 Å². The number of halogens is 1. The first-order valence-electron chi connectivity index (χ1n) is 8.10. The van der Waals surface area contributed by atoms with Gasteiger partial charge in [0.15, 0.2) is 0 Å². The van der Waals surface area contributed by atoms with E-state index in [0.717, 1.165) is 25.1 Å². The quantitative estimate of drug-likeness (QED) is 0.886. The maximum absolute atomic E-state index is 12.7. The Balaban J connectivity index is 0.00000208. The van der Waals surface area contributed by atoms with E-state index in [1.54, 1.807) is 6.07 Å². The zero-order valence-corrected chi connectivity index (χ0v) is 14.5. The van der Waals surface area contributed by atoms with Crippen LogP contribution in [0.3, 0.4) is 0 Å². The molecular weight excluding hydrogens is 324 g/mol. The number of carbonyl (C=O) groups excluding carboxylic acids is 1. The lowest BCUT2D eigenvalue weighted by Crippen LogP contribution is -2.51. The van der Waals surface area contributed by atoms with Crippen molar-refractivity contribution in [3.8, 4) is 11.5 Å². The minimum Gasteiger partial charge on any atom is -0.457 e. The molecule has 3 rings (SSSR count). The van der Waals surface area contributed by atoms with E-state index in [-0.39, 0.29) is 30.4 Å². The zero-order valence-electron chi connectivity index (χ0n) is 13.7. The van der Waals surface area contributed by atoms with Gasteiger partial charge in [-0.15, -0.1) is 12.4 Å². The molecule has 2 N–H and O–H groups in total. The smallest absolute Gasteiger partial charge is 0.255 e. The molecule has 24 heavy (non-hydrogen) atoms. The van der Waals surface area contributed by atoms with Crippen LogP contribution in [0.4, 0.5) is 0 Å². The molecule has 5 heteroatoms. The third-order valence-corrected chi connectivity index (χ3v) is 4.18. The van der Waals surface area contributed by atoms with Crippen LogP contribution in [0.25, 0.3) is 0 Å². The number of para-hydroxylation sites is 2. The molecule has 1 amide bonds. The SMILES string of the molecule is CC1NCCCC1NC(=O)c1ccccc1Oc1ccccc1.Cl. The summed E-state index contributed by atoms with van der Waals surface area (Å²) in [5.74, 6) is 1.21. The van der Waals surface area contributed by atoms with E-state index >= 15 is 0 Å². The molecule has 0 bridgehead atoms. The highest BCUT2D eigenvalue weighted by Gasteiger charge is 2.24. The van der Waals surface area contributed by atoms with Crippen molar-refractivity contribution in [2.24, 2.45) is 0 Å². The summed E-state index contributed by atoms with van der Waals surface area (Å²) in [5.41, 5.74) is 0.564. The van der Waals surface area contributed by atoms with Gasteiger partial charge in [0.2, 0.25) is 0 Å². The first kappa shape index (κ1) is 18.3. The van der Waals surface area contributed by atoms with Crippen LogP contribution in [0.1, 0.15) is 30.1 Å². The lowest BCUT2D eigenvalue weighted by molar-refractivity contribution is 0.0917. The van der Waals surface area contributed by atoms with Gasteiger partial charge in [-0.2, -0.15) is 0 Å². The Morgan fingerprint density at radius 1 is 1.12 bits per heavy atom. The molecule has 2 aromatic carbocycles. The molecule has 1 heterocycles. The predicted octanol–water partition coefficient (Wildman–Crippen LogP) is 3.77. The molecule has 1 aliphatic heterocycles. The third-order valence-electron chi connectivity index (χ3n) is 4.18. The molecule has 1 aliphatic rings. The van der Waals surface area contributed by atoms with Gasteiger partial charge < -0.3 is 15.4 Å². The monoisotopic (exact) mass is 346 g/mol. The number of amides is 1. The lowest BCUT2D eigenvalue weighted by Gasteiger charge is -2.30. The van der Waals surface area contributed by atoms with Crippen LogP contribution in [0, 0.1) is 0 Å². The molecule has 0 radical (unpaired) electrons. The Labute approximate surface area is 149 Å². The number of nitrogens with one attached hydrogen (secondary N) is 2. The molecule has 1 fully saturated rings. The molecule has 4 nitrogen and oxygen atoms in total. The van der Waals surface area contributed by atoms with Gasteiger partial charge >= 0.3 is 0 Å². The molecule has 0 saturated carbocycles. The van der Waals surface area contributed by atoms with Crippen LogP contribution < -0.4 is 15.4 Å². The largest absolute Gasteiger partial charge is 0.457 e. The summed E-state index contributed by atoms with van der Waals surface area (Å²) in [4.78, 5) is 12.7. The van der Waals surface area contributed by atoms with Crippen molar-refractivity contribution >= 4 is 18.3 Å². The summed E-state index contributed by atoms with van der Waals surface area (Å²) in [6.07, 6.45) is 2.08. The van der Waals surface area contributed by atoms with E-state index in [2.05, 4.69) is 17.6 Å². The Bertz CT molecular complexity index is 663. The summed E-state index contributed by atoms with van der Waals surface area (Å²) in [6, 6.07) is 17.3. The number of piperidine rings is 1. The fourth-order valence-electron chi connectivity index (χ4n) is 2.85. The fraction of sp³-hybridized carbons (Fsp3) is 0.316. The third kappa shape index (κ3) is 4.49. The van der Waals surface area contributed by atoms with Crippen LogP contribution in [-0.2, 0) is 0 Å². The van der Waals surface area contributed by atoms with Crippen molar-refractivity contribution in [1.29, 1.82) is 0 Å². The molecule has 2 unspecified atom stereocenters. The topological polar surface area (TPSA) is 50.4 Å². The Hall–Kier alpha value is -2.04. The van der Waals surface area contributed by atoms with E-state index in [1.165, 1.54) is 0 Å². The van der Waals surface area contributed by atoms with Gasteiger partial charge in [0.05, 0.1) is 5.56 Å². The zero-order chi connectivity index (χ0) is 16.1. The van der Waals surface area contributed by atoms with E-state index in [0.29, 0.717) is 11.3 Å². The van der Waals surface area contributed by atoms with Crippen molar-refractivity contribution in [2.45, 2.75) is 31.8 Å². The van der Waals surface area contributed by atoms with Crippen LogP contribution >= 0.6 is 12.4 Å². The number of carbonyl (C=O) groups is 1. The number of rotatable bonds is 4. The molecule has 2 atom stereocenters. The highest BCUT2D eigenvalue weighted by molar-refractivity contribution is 5.97. The van der Waals surface area contributed by atoms with Gasteiger partial charge in [-0.3, -0.25) is 4.79 Å². The van der Waals surface area contributed by atoms with E-state index in [1.807, 2.05) is 48.5 Å². The van der Waals surface area contributed by atoms with Crippen molar-refractivity contribution in [2.75, 3.05) is 6.54 Å². The first-order valence-corrected chi connectivity index (χ1v) is 8.10. The maximum Gasteiger partial charge on any atom is 0.255 e. The average Bonchev–Trinajstić information content (AvgIpc) is 2.58. The lowest BCUT2D eigenvalue weighted by atomic mass is 9.99. The van der Waals surface area contributed by atoms with Gasteiger partial charge in [0, 0.05) is 12.1 Å². The van der Waals surface area contributed by atoms with Crippen LogP contribution in [0.5, 0.6) is 11.5 Å². The standard InChI is InChI=1S/C19H22N2O2.ClH/c1-14-17(11-7-13-20-14)21-19(22)16-10-5-6-12-18(16)23-15-8-3-2-4-9-15;/h2-6,8-10,12,14,17,20H,7,11,13H2,1H3,(H,21,22);1H. The van der Waals surface area contributed by atoms with Crippen molar-refractivity contribution in [3.63, 3.8) is 0 Å². The summed E-state index contributed by atoms with van der Waals surface area (Å²) < 4.78 is 5.87. The molecule has 0 aromatic heterocycles. The van der Waals surface area contributed by atoms with E-state index in [9.17, 15) is 4.79 Å². The molecule has 0 aliphatic carbocycles. The van der Waals surface area contributed by atoms with Gasteiger partial charge in [0.1, 0.15) is 11.5 Å². The highest BCUT2D eigenvalue weighted by Crippen LogP contribution is 2.25. The normalized spacial score (nSPS) is 19.9. The summed E-state index contributed by atoms with van der Waals surface area (Å²) in [7, 11) is 0. The van der Waals surface area contributed by atoms with Crippen molar-refractivity contribution in [1.82, 2.24) is 10.6 Å². The minimum absolute atomic E-state index is 0. The summed E-state index contributed by atoms with van der Waals surface area (Å²) in [5, 5.41) is 6.53. The molecule has 1 saturated heterocycles. The summed E-state index contributed by atoms with van der Waals surface area (Å²) in [6.45, 7) is 3.12. The molecular formula is C19H23ClN2O2. The van der Waals surface area contributed by atoms with Crippen molar-refractivity contribution < 1.29 is 9.53 Å². The Morgan fingerprint density at radius 3 is 2.58 bits per heavy atom. The first-order chi connectivity index (χ1) is 11.2. The van der Waals surface area contributed by atoms with Gasteiger partial charge in [-0.05, 0) is 50.6 Å². The van der Waals surface area contributed by atoms with Gasteiger partial charge in [0.25, 0.3) is 5.91 Å². The number of benzene rings is 2. The second-order valence-electron chi connectivity index (χ2n) is 5.88. The second-order valence-corrected chi connectivity index (χ2v) is 5.88. The predicted molar refractivity (Wildman–Crippen MR) is 98.2 cm³/mol.